The predicted octanol–water partition coefficient (Wildman–Crippen LogP) is 3.59. The Hall–Kier alpha value is -3.41. The molecule has 3 amide bonds. The zero-order valence-corrected chi connectivity index (χ0v) is 17.6. The van der Waals surface area contributed by atoms with E-state index < -0.39 is 5.91 Å². The second kappa shape index (κ2) is 8.95. The van der Waals surface area contributed by atoms with Gasteiger partial charge >= 0.3 is 0 Å². The lowest BCUT2D eigenvalue weighted by atomic mass is 9.87. The Labute approximate surface area is 176 Å². The second-order valence-electron chi connectivity index (χ2n) is 8.34. The summed E-state index contributed by atoms with van der Waals surface area (Å²) < 4.78 is 0. The molecular weight excluding hydrogens is 378 g/mol. The molecule has 1 saturated heterocycles. The van der Waals surface area contributed by atoms with Gasteiger partial charge in [-0.1, -0.05) is 45.0 Å². The fraction of sp³-hybridized carbons (Fsp3) is 0.292. The highest BCUT2D eigenvalue weighted by Gasteiger charge is 2.21. The molecule has 0 atom stereocenters. The molecule has 156 valence electrons. The molecule has 0 unspecified atom stereocenters. The lowest BCUT2D eigenvalue weighted by Crippen LogP contribution is -2.40. The van der Waals surface area contributed by atoms with Crippen molar-refractivity contribution in [2.75, 3.05) is 11.4 Å². The quantitative estimate of drug-likeness (QED) is 0.603. The van der Waals surface area contributed by atoms with E-state index >= 15 is 0 Å². The molecule has 0 aliphatic carbocycles. The largest absolute Gasteiger partial charge is 0.312 e. The Morgan fingerprint density at radius 1 is 0.967 bits per heavy atom. The molecule has 2 aromatic rings. The minimum atomic E-state index is -0.437. The van der Waals surface area contributed by atoms with Gasteiger partial charge < -0.3 is 4.90 Å². The summed E-state index contributed by atoms with van der Waals surface area (Å²) in [5, 5.41) is 0. The van der Waals surface area contributed by atoms with Gasteiger partial charge in [-0.2, -0.15) is 0 Å². The maximum Gasteiger partial charge on any atom is 0.269 e. The van der Waals surface area contributed by atoms with Crippen molar-refractivity contribution in [3.63, 3.8) is 0 Å². The van der Waals surface area contributed by atoms with Crippen molar-refractivity contribution in [2.24, 2.45) is 0 Å². The Morgan fingerprint density at radius 2 is 1.63 bits per heavy atom. The first-order chi connectivity index (χ1) is 14.2. The molecule has 1 aliphatic rings. The van der Waals surface area contributed by atoms with Crippen LogP contribution in [0.2, 0.25) is 0 Å². The Kier molecular flexibility index (Phi) is 6.35. The van der Waals surface area contributed by atoms with Crippen molar-refractivity contribution in [1.29, 1.82) is 0 Å². The molecule has 6 nitrogen and oxygen atoms in total. The molecule has 6 heteroatoms. The highest BCUT2D eigenvalue weighted by molar-refractivity contribution is 5.98. The molecule has 0 aromatic heterocycles. The normalized spacial score (nSPS) is 14.2. The monoisotopic (exact) mass is 405 g/mol. The number of amides is 3. The van der Waals surface area contributed by atoms with Crippen LogP contribution < -0.4 is 15.8 Å². The summed E-state index contributed by atoms with van der Waals surface area (Å²) >= 11 is 0. The maximum atomic E-state index is 12.2. The van der Waals surface area contributed by atoms with Gasteiger partial charge in [0.2, 0.25) is 5.91 Å². The minimum absolute atomic E-state index is 0.0101. The Bertz CT molecular complexity index is 955. The van der Waals surface area contributed by atoms with Crippen LogP contribution in [0.1, 0.15) is 55.1 Å². The van der Waals surface area contributed by atoms with Crippen LogP contribution in [-0.2, 0) is 15.0 Å². The van der Waals surface area contributed by atoms with E-state index in [0.717, 1.165) is 29.8 Å². The number of hydrazine groups is 1. The number of nitrogens with zero attached hydrogens (tertiary/aromatic N) is 1. The summed E-state index contributed by atoms with van der Waals surface area (Å²) in [6.07, 6.45) is 4.47. The van der Waals surface area contributed by atoms with E-state index in [0.29, 0.717) is 12.0 Å². The zero-order valence-electron chi connectivity index (χ0n) is 17.6. The third kappa shape index (κ3) is 5.35. The molecule has 0 spiro atoms. The minimum Gasteiger partial charge on any atom is -0.312 e. The number of hydrogen-bond acceptors (Lipinski definition) is 3. The van der Waals surface area contributed by atoms with Crippen LogP contribution in [0.4, 0.5) is 5.69 Å². The van der Waals surface area contributed by atoms with E-state index in [1.165, 1.54) is 6.08 Å². The van der Waals surface area contributed by atoms with Crippen molar-refractivity contribution in [3.8, 4) is 0 Å². The average Bonchev–Trinajstić information content (AvgIpc) is 3.16. The van der Waals surface area contributed by atoms with Crippen molar-refractivity contribution < 1.29 is 14.4 Å². The summed E-state index contributed by atoms with van der Waals surface area (Å²) in [6.45, 7) is 7.06. The highest BCUT2D eigenvalue weighted by Crippen LogP contribution is 2.23. The molecule has 0 radical (unpaired) electrons. The van der Waals surface area contributed by atoms with Crippen molar-refractivity contribution in [2.45, 2.75) is 39.0 Å². The first kappa shape index (κ1) is 21.3. The molecule has 3 rings (SSSR count). The molecular formula is C24H27N3O3. The van der Waals surface area contributed by atoms with Gasteiger partial charge in [0.1, 0.15) is 0 Å². The zero-order chi connectivity index (χ0) is 21.7. The van der Waals surface area contributed by atoms with Gasteiger partial charge in [0.25, 0.3) is 11.8 Å². The number of hydrogen-bond donors (Lipinski definition) is 2. The van der Waals surface area contributed by atoms with Gasteiger partial charge in [-0.05, 0) is 53.3 Å². The van der Waals surface area contributed by atoms with Crippen LogP contribution in [0.15, 0.2) is 54.6 Å². The summed E-state index contributed by atoms with van der Waals surface area (Å²) in [7, 11) is 0. The van der Waals surface area contributed by atoms with E-state index in [2.05, 4.69) is 31.6 Å². The predicted molar refractivity (Wildman–Crippen MR) is 118 cm³/mol. The number of carbonyl (C=O) groups excluding carboxylic acids is 3. The van der Waals surface area contributed by atoms with Gasteiger partial charge in [-0.15, -0.1) is 0 Å². The lowest BCUT2D eigenvalue weighted by molar-refractivity contribution is -0.117. The fourth-order valence-corrected chi connectivity index (χ4v) is 3.21. The van der Waals surface area contributed by atoms with Gasteiger partial charge in [-0.3, -0.25) is 25.2 Å². The first-order valence-electron chi connectivity index (χ1n) is 10.0. The van der Waals surface area contributed by atoms with Crippen molar-refractivity contribution >= 4 is 29.5 Å². The molecule has 2 N–H and O–H groups in total. The molecule has 0 saturated carbocycles. The van der Waals surface area contributed by atoms with Crippen LogP contribution in [-0.4, -0.2) is 24.3 Å². The van der Waals surface area contributed by atoms with Gasteiger partial charge in [0.15, 0.2) is 0 Å². The highest BCUT2D eigenvalue weighted by atomic mass is 16.2. The van der Waals surface area contributed by atoms with Crippen LogP contribution in [0.3, 0.4) is 0 Å². The molecule has 30 heavy (non-hydrogen) atoms. The first-order valence-corrected chi connectivity index (χ1v) is 10.0. The number of rotatable bonds is 4. The maximum absolute atomic E-state index is 12.2. The number of anilines is 1. The molecule has 2 aromatic carbocycles. The van der Waals surface area contributed by atoms with Gasteiger partial charge in [0.05, 0.1) is 0 Å². The van der Waals surface area contributed by atoms with Crippen LogP contribution in [0.25, 0.3) is 6.08 Å². The Morgan fingerprint density at radius 3 is 2.20 bits per heavy atom. The SMILES string of the molecule is CC(C)(C)c1ccc(C(=O)NNC(=O)/C=C/c2ccc(N3CCCC3=O)cc2)cc1. The Balaban J connectivity index is 1.51. The van der Waals surface area contributed by atoms with Crippen LogP contribution in [0.5, 0.6) is 0 Å². The molecule has 1 heterocycles. The van der Waals surface area contributed by atoms with Crippen molar-refractivity contribution in [1.82, 2.24) is 10.9 Å². The smallest absolute Gasteiger partial charge is 0.269 e. The van der Waals surface area contributed by atoms with Crippen LogP contribution >= 0.6 is 0 Å². The van der Waals surface area contributed by atoms with Gasteiger partial charge in [-0.25, -0.2) is 0 Å². The second-order valence-corrected chi connectivity index (χ2v) is 8.34. The fourth-order valence-electron chi connectivity index (χ4n) is 3.21. The third-order valence-corrected chi connectivity index (χ3v) is 5.02. The van der Waals surface area contributed by atoms with Crippen LogP contribution in [0, 0.1) is 0 Å². The van der Waals surface area contributed by atoms with Crippen molar-refractivity contribution in [3.05, 3.63) is 71.3 Å². The van der Waals surface area contributed by atoms with E-state index in [1.54, 1.807) is 23.1 Å². The number of carbonyl (C=O) groups is 3. The third-order valence-electron chi connectivity index (χ3n) is 5.02. The molecule has 1 aliphatic heterocycles. The lowest BCUT2D eigenvalue weighted by Gasteiger charge is -2.19. The van der Waals surface area contributed by atoms with E-state index in [1.807, 2.05) is 36.4 Å². The van der Waals surface area contributed by atoms with E-state index in [9.17, 15) is 14.4 Å². The molecule has 0 bridgehead atoms. The summed E-state index contributed by atoms with van der Waals surface area (Å²) in [5.74, 6) is -0.674. The topological polar surface area (TPSA) is 78.5 Å². The standard InChI is InChI=1S/C24H27N3O3/c1-24(2,3)19-11-9-18(10-12-19)23(30)26-25-21(28)15-8-17-6-13-20(14-7-17)27-16-4-5-22(27)29/h6-15H,4-5,16H2,1-3H3,(H,25,28)(H,26,30)/b15-8+. The molecule has 1 fully saturated rings. The summed E-state index contributed by atoms with van der Waals surface area (Å²) in [5.41, 5.74) is 8.09. The van der Waals surface area contributed by atoms with E-state index in [-0.39, 0.29) is 17.2 Å². The summed E-state index contributed by atoms with van der Waals surface area (Å²) in [6, 6.07) is 14.7. The average molecular weight is 405 g/mol. The number of nitrogens with one attached hydrogen (secondary N) is 2. The summed E-state index contributed by atoms with van der Waals surface area (Å²) in [4.78, 5) is 37.7. The number of benzene rings is 2. The van der Waals surface area contributed by atoms with Gasteiger partial charge in [0, 0.05) is 30.3 Å². The van der Waals surface area contributed by atoms with E-state index in [4.69, 9.17) is 0 Å².